The average Bonchev–Trinajstić information content (AvgIpc) is 3.42. The van der Waals surface area contributed by atoms with Crippen LogP contribution in [0.4, 0.5) is 0 Å². The smallest absolute Gasteiger partial charge is 0.414 e. The van der Waals surface area contributed by atoms with Crippen LogP contribution < -0.4 is 0 Å². The Bertz CT molecular complexity index is 1020. The summed E-state index contributed by atoms with van der Waals surface area (Å²) < 4.78 is 5.45. The van der Waals surface area contributed by atoms with Crippen molar-refractivity contribution in [2.45, 2.75) is 31.2 Å². The van der Waals surface area contributed by atoms with E-state index in [1.807, 2.05) is 0 Å². The van der Waals surface area contributed by atoms with Crippen molar-refractivity contribution < 1.29 is 24.3 Å². The fraction of sp³-hybridized carbons (Fsp3) is 0.333. The molecule has 1 saturated carbocycles. The van der Waals surface area contributed by atoms with Crippen molar-refractivity contribution in [3.8, 4) is 0 Å². The van der Waals surface area contributed by atoms with Crippen LogP contribution in [0, 0.1) is 0 Å². The van der Waals surface area contributed by atoms with Crippen LogP contribution >= 0.6 is 0 Å². The van der Waals surface area contributed by atoms with E-state index in [2.05, 4.69) is 57.5 Å². The molecular weight excluding hydrogens is 374 g/mol. The average molecular weight is 395 g/mol. The second-order valence-corrected chi connectivity index (χ2v) is 7.40. The summed E-state index contributed by atoms with van der Waals surface area (Å²) in [7, 11) is 0. The fourth-order valence-electron chi connectivity index (χ4n) is 3.45. The van der Waals surface area contributed by atoms with Gasteiger partial charge in [-0.3, -0.25) is 4.90 Å². The first-order valence-electron chi connectivity index (χ1n) is 9.50. The summed E-state index contributed by atoms with van der Waals surface area (Å²) in [5.74, 6) is -0.914. The van der Waals surface area contributed by atoms with E-state index in [0.717, 1.165) is 31.3 Å². The van der Waals surface area contributed by atoms with Crippen LogP contribution in [-0.4, -0.2) is 50.3 Å². The van der Waals surface area contributed by atoms with Gasteiger partial charge in [0.05, 0.1) is 5.92 Å². The van der Waals surface area contributed by atoms with E-state index < -0.39 is 11.9 Å². The molecule has 1 aliphatic heterocycles. The van der Waals surface area contributed by atoms with Gasteiger partial charge in [-0.2, -0.15) is 4.98 Å². The summed E-state index contributed by atoms with van der Waals surface area (Å²) >= 11 is 0. The molecule has 3 aromatic rings. The van der Waals surface area contributed by atoms with E-state index >= 15 is 0 Å². The minimum atomic E-state index is -1.82. The summed E-state index contributed by atoms with van der Waals surface area (Å²) in [4.78, 5) is 25.2. The number of hydrogen-bond donors (Lipinski definition) is 2. The van der Waals surface area contributed by atoms with Crippen LogP contribution in [-0.2, 0) is 16.1 Å². The monoisotopic (exact) mass is 395 g/mol. The van der Waals surface area contributed by atoms with E-state index in [1.165, 1.54) is 29.2 Å². The molecule has 0 unspecified atom stereocenters. The third-order valence-electron chi connectivity index (χ3n) is 5.16. The number of hydrogen-bond acceptors (Lipinski definition) is 6. The highest BCUT2D eigenvalue weighted by Crippen LogP contribution is 2.39. The van der Waals surface area contributed by atoms with Crippen molar-refractivity contribution in [1.29, 1.82) is 0 Å². The number of aliphatic carboxylic acids is 2. The molecule has 1 aliphatic carbocycles. The number of carbonyl (C=O) groups is 2. The van der Waals surface area contributed by atoms with Crippen molar-refractivity contribution >= 4 is 22.7 Å². The third-order valence-corrected chi connectivity index (χ3v) is 5.16. The van der Waals surface area contributed by atoms with Gasteiger partial charge in [-0.25, -0.2) is 9.59 Å². The molecule has 1 aromatic heterocycles. The highest BCUT2D eigenvalue weighted by molar-refractivity contribution is 6.27. The molecule has 0 amide bonds. The number of carboxylic acids is 2. The lowest BCUT2D eigenvalue weighted by Gasteiger charge is -2.37. The molecule has 0 bridgehead atoms. The Morgan fingerprint density at radius 1 is 1.00 bits per heavy atom. The molecule has 29 heavy (non-hydrogen) atoms. The minimum absolute atomic E-state index is 0.407. The molecule has 0 spiro atoms. The van der Waals surface area contributed by atoms with E-state index in [9.17, 15) is 0 Å². The maximum Gasteiger partial charge on any atom is 0.414 e. The predicted molar refractivity (Wildman–Crippen MR) is 104 cm³/mol. The number of carboxylic acid groups (broad SMARTS) is 2. The summed E-state index contributed by atoms with van der Waals surface area (Å²) in [6.45, 7) is 3.01. The van der Waals surface area contributed by atoms with Crippen LogP contribution in [0.1, 0.15) is 42.0 Å². The first-order valence-corrected chi connectivity index (χ1v) is 9.50. The number of likely N-dealkylation sites (tertiary alicyclic amines) is 1. The van der Waals surface area contributed by atoms with Gasteiger partial charge in [0, 0.05) is 25.6 Å². The number of benzene rings is 2. The standard InChI is InChI=1S/C19H19N3O.C2H2O4/c1-2-7-17-13(4-1)5-3-6-15(17)10-22-11-16(12-22)19-20-18(21-23-19)14-8-9-14;3-1(4)2(5)6/h1-7,14,16H,8-12H2;(H,3,4)(H,5,6). The van der Waals surface area contributed by atoms with Gasteiger partial charge in [0.15, 0.2) is 5.82 Å². The zero-order valence-electron chi connectivity index (χ0n) is 15.7. The molecule has 2 N–H and O–H groups in total. The molecule has 2 fully saturated rings. The Labute approximate surface area is 166 Å². The first kappa shape index (κ1) is 19.1. The van der Waals surface area contributed by atoms with Gasteiger partial charge >= 0.3 is 11.9 Å². The molecule has 5 rings (SSSR count). The van der Waals surface area contributed by atoms with Crippen LogP contribution in [0.15, 0.2) is 47.0 Å². The van der Waals surface area contributed by atoms with Gasteiger partial charge in [-0.1, -0.05) is 47.6 Å². The maximum absolute atomic E-state index is 9.10. The number of fused-ring (bicyclic) bond motifs is 1. The second kappa shape index (κ2) is 8.00. The van der Waals surface area contributed by atoms with Gasteiger partial charge in [-0.15, -0.1) is 0 Å². The topological polar surface area (TPSA) is 117 Å². The van der Waals surface area contributed by atoms with Gasteiger partial charge in [-0.05, 0) is 29.2 Å². The Hall–Kier alpha value is -3.26. The fourth-order valence-corrected chi connectivity index (χ4v) is 3.45. The van der Waals surface area contributed by atoms with Crippen molar-refractivity contribution in [2.75, 3.05) is 13.1 Å². The normalized spacial score (nSPS) is 16.7. The molecule has 2 heterocycles. The van der Waals surface area contributed by atoms with Gasteiger partial charge in [0.1, 0.15) is 0 Å². The van der Waals surface area contributed by atoms with Crippen molar-refractivity contribution in [3.63, 3.8) is 0 Å². The summed E-state index contributed by atoms with van der Waals surface area (Å²) in [6, 6.07) is 15.1. The van der Waals surface area contributed by atoms with Crippen molar-refractivity contribution in [2.24, 2.45) is 0 Å². The molecular formula is C21H21N3O5. The lowest BCUT2D eigenvalue weighted by Crippen LogP contribution is -2.44. The van der Waals surface area contributed by atoms with Gasteiger partial charge < -0.3 is 14.7 Å². The quantitative estimate of drug-likeness (QED) is 0.648. The Morgan fingerprint density at radius 3 is 2.38 bits per heavy atom. The number of aromatic nitrogens is 2. The molecule has 8 nitrogen and oxygen atoms in total. The zero-order valence-corrected chi connectivity index (χ0v) is 15.7. The Balaban J connectivity index is 0.000000302. The maximum atomic E-state index is 9.10. The molecule has 8 heteroatoms. The SMILES string of the molecule is O=C(O)C(=O)O.c1ccc2c(CN3CC(c4nc(C5CC5)no4)C3)cccc2c1. The lowest BCUT2D eigenvalue weighted by molar-refractivity contribution is -0.159. The van der Waals surface area contributed by atoms with E-state index in [4.69, 9.17) is 24.3 Å². The Kier molecular flexibility index (Phi) is 5.26. The summed E-state index contributed by atoms with van der Waals surface area (Å²) in [5.41, 5.74) is 1.39. The van der Waals surface area contributed by atoms with E-state index in [0.29, 0.717) is 11.8 Å². The molecule has 2 aromatic carbocycles. The molecule has 0 radical (unpaired) electrons. The molecule has 2 aliphatic rings. The molecule has 0 atom stereocenters. The van der Waals surface area contributed by atoms with E-state index in [1.54, 1.807) is 0 Å². The summed E-state index contributed by atoms with van der Waals surface area (Å²) in [6.07, 6.45) is 2.44. The van der Waals surface area contributed by atoms with Crippen LogP contribution in [0.5, 0.6) is 0 Å². The summed E-state index contributed by atoms with van der Waals surface area (Å²) in [5, 5.41) is 21.6. The van der Waals surface area contributed by atoms with Crippen LogP contribution in [0.2, 0.25) is 0 Å². The third kappa shape index (κ3) is 4.43. The van der Waals surface area contributed by atoms with Gasteiger partial charge in [0.25, 0.3) is 0 Å². The largest absolute Gasteiger partial charge is 0.473 e. The van der Waals surface area contributed by atoms with Crippen molar-refractivity contribution in [1.82, 2.24) is 15.0 Å². The number of nitrogens with zero attached hydrogens (tertiary/aromatic N) is 3. The lowest BCUT2D eigenvalue weighted by atomic mass is 9.97. The number of rotatable bonds is 4. The first-order chi connectivity index (χ1) is 14.0. The minimum Gasteiger partial charge on any atom is -0.473 e. The second-order valence-electron chi connectivity index (χ2n) is 7.40. The highest BCUT2D eigenvalue weighted by Gasteiger charge is 2.35. The van der Waals surface area contributed by atoms with Crippen LogP contribution in [0.25, 0.3) is 10.8 Å². The predicted octanol–water partition coefficient (Wildman–Crippen LogP) is 2.86. The van der Waals surface area contributed by atoms with Gasteiger partial charge in [0.2, 0.25) is 5.89 Å². The van der Waals surface area contributed by atoms with Crippen LogP contribution in [0.3, 0.4) is 0 Å². The Morgan fingerprint density at radius 2 is 1.69 bits per heavy atom. The van der Waals surface area contributed by atoms with E-state index in [-0.39, 0.29) is 0 Å². The molecule has 150 valence electrons. The van der Waals surface area contributed by atoms with Crippen molar-refractivity contribution in [3.05, 3.63) is 59.7 Å². The zero-order chi connectivity index (χ0) is 20.4. The molecule has 1 saturated heterocycles. The highest BCUT2D eigenvalue weighted by atomic mass is 16.5.